The highest BCUT2D eigenvalue weighted by Gasteiger charge is 2.23. The maximum atomic E-state index is 15.5. The number of nitrogens with one attached hydrogen (secondary N) is 3. The number of amides is 1. The van der Waals surface area contributed by atoms with Crippen molar-refractivity contribution in [1.82, 2.24) is 25.5 Å². The van der Waals surface area contributed by atoms with Gasteiger partial charge in [0.15, 0.2) is 11.6 Å². The molecule has 0 spiro atoms. The molecule has 240 valence electrons. The van der Waals surface area contributed by atoms with E-state index in [2.05, 4.69) is 25.9 Å². The number of hydrogen-bond donors (Lipinski definition) is 4. The lowest BCUT2D eigenvalue weighted by Crippen LogP contribution is -2.35. The van der Waals surface area contributed by atoms with Crippen LogP contribution in [0.5, 0.6) is 5.75 Å². The van der Waals surface area contributed by atoms with Gasteiger partial charge in [0.1, 0.15) is 5.75 Å². The molecular weight excluding hydrogens is 630 g/mol. The molecule has 2 aromatic heterocycles. The number of nitrogens with zero attached hydrogens (tertiary/aromatic N) is 3. The fraction of sp³-hybridized carbons (Fsp3) is 0.324. The lowest BCUT2D eigenvalue weighted by Gasteiger charge is -2.18. The summed E-state index contributed by atoms with van der Waals surface area (Å²) in [4.78, 5) is 22.3. The Morgan fingerprint density at radius 3 is 2.65 bits per heavy atom. The van der Waals surface area contributed by atoms with E-state index >= 15 is 4.39 Å². The third-order valence-electron chi connectivity index (χ3n) is 8.39. The molecule has 0 bridgehead atoms. The number of anilines is 2. The second kappa shape index (κ2) is 14.3. The first-order valence-electron chi connectivity index (χ1n) is 15.2. The molecule has 0 saturated carbocycles. The van der Waals surface area contributed by atoms with Gasteiger partial charge in [0.25, 0.3) is 0 Å². The van der Waals surface area contributed by atoms with E-state index in [1.54, 1.807) is 37.7 Å². The molecule has 2 aromatic carbocycles. The molecule has 4 heterocycles. The lowest BCUT2D eigenvalue weighted by molar-refractivity contribution is -0.119. The maximum absolute atomic E-state index is 15.5. The quantitative estimate of drug-likeness (QED) is 0.156. The molecule has 1 amide bonds. The Hall–Kier alpha value is -3.80. The minimum Gasteiger partial charge on any atom is -0.496 e. The van der Waals surface area contributed by atoms with Crippen LogP contribution in [-0.4, -0.2) is 64.8 Å². The van der Waals surface area contributed by atoms with Crippen molar-refractivity contribution in [2.75, 3.05) is 32.1 Å². The van der Waals surface area contributed by atoms with Crippen LogP contribution < -0.4 is 20.7 Å². The van der Waals surface area contributed by atoms with Crippen LogP contribution in [0.25, 0.3) is 22.4 Å². The van der Waals surface area contributed by atoms with E-state index in [0.717, 1.165) is 17.5 Å². The second-order valence-electron chi connectivity index (χ2n) is 11.6. The van der Waals surface area contributed by atoms with Gasteiger partial charge in [0, 0.05) is 85.4 Å². The summed E-state index contributed by atoms with van der Waals surface area (Å²) in [5.74, 6) is 0.377. The van der Waals surface area contributed by atoms with Crippen molar-refractivity contribution >= 4 is 40.6 Å². The first kappa shape index (κ1) is 32.2. The van der Waals surface area contributed by atoms with Gasteiger partial charge in [-0.1, -0.05) is 47.5 Å². The van der Waals surface area contributed by atoms with Crippen LogP contribution in [0.3, 0.4) is 0 Å². The van der Waals surface area contributed by atoms with Crippen LogP contribution in [0, 0.1) is 5.82 Å². The van der Waals surface area contributed by atoms with Crippen molar-refractivity contribution in [2.45, 2.75) is 44.5 Å². The molecule has 4 N–H and O–H groups in total. The second-order valence-corrected chi connectivity index (χ2v) is 12.3. The van der Waals surface area contributed by atoms with Gasteiger partial charge in [-0.15, -0.1) is 0 Å². The molecule has 2 unspecified atom stereocenters. The largest absolute Gasteiger partial charge is 0.496 e. The molecule has 2 saturated heterocycles. The summed E-state index contributed by atoms with van der Waals surface area (Å²) in [6, 6.07) is 14.8. The number of benzene rings is 2. The van der Waals surface area contributed by atoms with Crippen molar-refractivity contribution in [3.63, 3.8) is 0 Å². The molecule has 4 aromatic rings. The zero-order valence-electron chi connectivity index (χ0n) is 25.3. The van der Waals surface area contributed by atoms with Gasteiger partial charge in [0.05, 0.1) is 34.6 Å². The van der Waals surface area contributed by atoms with E-state index in [0.29, 0.717) is 89.4 Å². The molecule has 2 atom stereocenters. The Morgan fingerprint density at radius 1 is 1.07 bits per heavy atom. The van der Waals surface area contributed by atoms with Crippen molar-refractivity contribution < 1.29 is 19.0 Å². The monoisotopic (exact) mass is 664 g/mol. The number of hydrogen-bond acceptors (Lipinski definition) is 8. The zero-order chi connectivity index (χ0) is 32.2. The number of rotatable bonds is 11. The molecule has 2 fully saturated rings. The number of likely N-dealkylation sites (tertiary alicyclic amines) is 1. The van der Waals surface area contributed by atoms with E-state index in [4.69, 9.17) is 27.9 Å². The summed E-state index contributed by atoms with van der Waals surface area (Å²) in [6.45, 7) is 2.87. The highest BCUT2D eigenvalue weighted by atomic mass is 35.5. The van der Waals surface area contributed by atoms with E-state index in [1.807, 2.05) is 35.2 Å². The fourth-order valence-electron chi connectivity index (χ4n) is 5.96. The Labute approximate surface area is 277 Å². The summed E-state index contributed by atoms with van der Waals surface area (Å²) in [5.41, 5.74) is 4.58. The first-order valence-corrected chi connectivity index (χ1v) is 16.0. The Balaban J connectivity index is 1.21. The number of aromatic nitrogens is 2. The summed E-state index contributed by atoms with van der Waals surface area (Å²) < 4.78 is 21.2. The summed E-state index contributed by atoms with van der Waals surface area (Å²) in [6.07, 6.45) is 4.93. The molecule has 2 aliphatic heterocycles. The number of carbonyl (C=O) groups is 1. The van der Waals surface area contributed by atoms with Gasteiger partial charge in [-0.3, -0.25) is 14.7 Å². The highest BCUT2D eigenvalue weighted by Crippen LogP contribution is 2.42. The van der Waals surface area contributed by atoms with Gasteiger partial charge < -0.3 is 25.8 Å². The third-order valence-corrected chi connectivity index (χ3v) is 9.18. The average molecular weight is 666 g/mol. The van der Waals surface area contributed by atoms with Crippen LogP contribution in [0.2, 0.25) is 10.0 Å². The summed E-state index contributed by atoms with van der Waals surface area (Å²) in [5, 5.41) is 20.0. The molecule has 12 heteroatoms. The normalized spacial score (nSPS) is 18.2. The molecular formula is C34H35Cl2FN6O3. The van der Waals surface area contributed by atoms with Crippen molar-refractivity contribution in [3.05, 3.63) is 87.9 Å². The summed E-state index contributed by atoms with van der Waals surface area (Å²) >= 11 is 13.9. The minimum atomic E-state index is -0.465. The highest BCUT2D eigenvalue weighted by molar-refractivity contribution is 6.39. The first-order chi connectivity index (χ1) is 22.3. The minimum absolute atomic E-state index is 0.0625. The Kier molecular flexibility index (Phi) is 10.0. The number of aliphatic hydroxyl groups excluding tert-OH is 1. The standard InChI is InChI=1S/C34H35Cl2FN6O3/c1-46-28-15-20(5-6-21(28)16-38-17-23-7-8-29(45)41-23)33-31(36)26(10-13-39-33)25-3-2-4-27(30(25)35)42-34-32(37)22(9-12-40-34)18-43-14-11-24(44)19-43/h2-6,9-10,12-13,15,23-24,38,44H,7-8,11,14,16-19H2,1H3,(H,40,42)(H,41,45). The van der Waals surface area contributed by atoms with Crippen LogP contribution in [0.4, 0.5) is 15.9 Å². The Bertz CT molecular complexity index is 1740. The number of β-amino-alcohol motifs (C(OH)–C–C–N with tert-alkyl or cyclic N) is 1. The van der Waals surface area contributed by atoms with Gasteiger partial charge >= 0.3 is 0 Å². The van der Waals surface area contributed by atoms with E-state index < -0.39 is 5.82 Å². The van der Waals surface area contributed by atoms with Gasteiger partial charge in [-0.25, -0.2) is 9.37 Å². The molecule has 0 radical (unpaired) electrons. The molecule has 6 rings (SSSR count). The lowest BCUT2D eigenvalue weighted by atomic mass is 10.0. The van der Waals surface area contributed by atoms with Crippen LogP contribution in [0.1, 0.15) is 30.4 Å². The average Bonchev–Trinajstić information content (AvgIpc) is 3.67. The maximum Gasteiger partial charge on any atom is 0.220 e. The number of aliphatic hydroxyl groups is 1. The predicted molar refractivity (Wildman–Crippen MR) is 178 cm³/mol. The van der Waals surface area contributed by atoms with Crippen molar-refractivity contribution in [2.24, 2.45) is 0 Å². The third kappa shape index (κ3) is 7.11. The number of methoxy groups -OCH3 is 1. The molecule has 2 aliphatic rings. The van der Waals surface area contributed by atoms with Crippen LogP contribution in [0.15, 0.2) is 60.9 Å². The van der Waals surface area contributed by atoms with Gasteiger partial charge in [0.2, 0.25) is 5.91 Å². The van der Waals surface area contributed by atoms with E-state index in [1.165, 1.54) is 0 Å². The van der Waals surface area contributed by atoms with Crippen molar-refractivity contribution in [3.8, 4) is 28.1 Å². The molecule has 9 nitrogen and oxygen atoms in total. The number of ether oxygens (including phenoxy) is 1. The molecule has 0 aliphatic carbocycles. The fourth-order valence-corrected chi connectivity index (χ4v) is 6.55. The van der Waals surface area contributed by atoms with Gasteiger partial charge in [-0.05, 0) is 37.1 Å². The number of carbonyl (C=O) groups excluding carboxylic acids is 1. The molecule has 46 heavy (non-hydrogen) atoms. The van der Waals surface area contributed by atoms with E-state index in [9.17, 15) is 9.90 Å². The zero-order valence-corrected chi connectivity index (χ0v) is 26.8. The Morgan fingerprint density at radius 2 is 1.89 bits per heavy atom. The van der Waals surface area contributed by atoms with Gasteiger partial charge in [-0.2, -0.15) is 0 Å². The number of halogens is 3. The van der Waals surface area contributed by atoms with Crippen LogP contribution >= 0.6 is 23.2 Å². The summed E-state index contributed by atoms with van der Waals surface area (Å²) in [7, 11) is 1.62. The smallest absolute Gasteiger partial charge is 0.220 e. The van der Waals surface area contributed by atoms with Crippen molar-refractivity contribution in [1.29, 1.82) is 0 Å². The predicted octanol–water partition coefficient (Wildman–Crippen LogP) is 5.94. The SMILES string of the molecule is COc1cc(-c2nccc(-c3cccc(Nc4nccc(CN5CCC(O)C5)c4F)c3Cl)c2Cl)ccc1CNCC1CCC(=O)N1. The number of pyridine rings is 2. The topological polar surface area (TPSA) is 112 Å². The van der Waals surface area contributed by atoms with E-state index in [-0.39, 0.29) is 23.9 Å². The van der Waals surface area contributed by atoms with Crippen LogP contribution in [-0.2, 0) is 17.9 Å².